The van der Waals surface area contributed by atoms with E-state index < -0.39 is 17.7 Å². The first-order valence-electron chi connectivity index (χ1n) is 8.65. The van der Waals surface area contributed by atoms with Crippen molar-refractivity contribution < 1.29 is 23.5 Å². The van der Waals surface area contributed by atoms with Crippen LogP contribution in [-0.2, 0) is 16.0 Å². The summed E-state index contributed by atoms with van der Waals surface area (Å²) in [7, 11) is 1.32. The van der Waals surface area contributed by atoms with Crippen molar-refractivity contribution in [1.82, 2.24) is 5.32 Å². The van der Waals surface area contributed by atoms with E-state index in [2.05, 4.69) is 5.32 Å². The normalized spacial score (nSPS) is 12.5. The second kappa shape index (κ2) is 8.39. The maximum Gasteiger partial charge on any atom is 0.337 e. The van der Waals surface area contributed by atoms with Gasteiger partial charge in [-0.25, -0.2) is 9.18 Å². The lowest BCUT2D eigenvalue weighted by Crippen LogP contribution is -2.33. The molecule has 2 aromatic carbocycles. The molecule has 0 aliphatic carbocycles. The number of anilines is 1. The molecule has 0 saturated carbocycles. The lowest BCUT2D eigenvalue weighted by atomic mass is 10.1. The number of nitrogens with one attached hydrogen (secondary N) is 1. The molecule has 1 N–H and O–H groups in total. The summed E-state index contributed by atoms with van der Waals surface area (Å²) < 4.78 is 17.8. The number of ether oxygens (including phenoxy) is 1. The van der Waals surface area contributed by atoms with Crippen molar-refractivity contribution in [1.29, 1.82) is 0 Å². The highest BCUT2D eigenvalue weighted by Crippen LogP contribution is 2.29. The topological polar surface area (TPSA) is 75.7 Å². The van der Waals surface area contributed by atoms with E-state index >= 15 is 0 Å². The summed E-state index contributed by atoms with van der Waals surface area (Å²) in [6.07, 6.45) is 0.742. The standard InChI is InChI=1S/C20H18ClFN2O4/c1-28-20(27)13-2-5-17-12(10-13)7-9-24(17)18(25)6-8-23-19(26)15-4-3-14(22)11-16(15)21/h2-5,10-11H,6-9H2,1H3,(H,23,26). The number of methoxy groups -OCH3 is 1. The highest BCUT2D eigenvalue weighted by Gasteiger charge is 2.25. The Morgan fingerprint density at radius 3 is 2.71 bits per heavy atom. The van der Waals surface area contributed by atoms with Crippen LogP contribution in [0.25, 0.3) is 0 Å². The molecule has 0 atom stereocenters. The smallest absolute Gasteiger partial charge is 0.337 e. The van der Waals surface area contributed by atoms with Gasteiger partial charge >= 0.3 is 5.97 Å². The van der Waals surface area contributed by atoms with Gasteiger partial charge in [0, 0.05) is 25.2 Å². The molecule has 1 heterocycles. The molecule has 0 radical (unpaired) electrons. The lowest BCUT2D eigenvalue weighted by molar-refractivity contribution is -0.118. The molecule has 28 heavy (non-hydrogen) atoms. The zero-order valence-corrected chi connectivity index (χ0v) is 15.9. The average molecular weight is 405 g/mol. The van der Waals surface area contributed by atoms with Crippen LogP contribution in [0.1, 0.15) is 32.7 Å². The molecule has 0 unspecified atom stereocenters. The first-order valence-corrected chi connectivity index (χ1v) is 9.03. The van der Waals surface area contributed by atoms with Crippen molar-refractivity contribution in [2.24, 2.45) is 0 Å². The van der Waals surface area contributed by atoms with E-state index in [4.69, 9.17) is 16.3 Å². The number of carbonyl (C=O) groups is 3. The van der Waals surface area contributed by atoms with Crippen molar-refractivity contribution in [2.45, 2.75) is 12.8 Å². The first-order chi connectivity index (χ1) is 13.4. The Morgan fingerprint density at radius 2 is 2.00 bits per heavy atom. The van der Waals surface area contributed by atoms with Crippen LogP contribution in [0.5, 0.6) is 0 Å². The van der Waals surface area contributed by atoms with Crippen LogP contribution in [0.3, 0.4) is 0 Å². The second-order valence-corrected chi connectivity index (χ2v) is 6.67. The second-order valence-electron chi connectivity index (χ2n) is 6.26. The van der Waals surface area contributed by atoms with Gasteiger partial charge in [-0.15, -0.1) is 0 Å². The summed E-state index contributed by atoms with van der Waals surface area (Å²) in [6, 6.07) is 8.58. The van der Waals surface area contributed by atoms with Crippen LogP contribution in [0.15, 0.2) is 36.4 Å². The predicted octanol–water partition coefficient (Wildman–Crippen LogP) is 2.97. The first kappa shape index (κ1) is 19.8. The molecule has 1 aliphatic heterocycles. The van der Waals surface area contributed by atoms with Gasteiger partial charge in [0.15, 0.2) is 0 Å². The van der Waals surface area contributed by atoms with Gasteiger partial charge in [-0.2, -0.15) is 0 Å². The summed E-state index contributed by atoms with van der Waals surface area (Å²) in [6.45, 7) is 0.633. The van der Waals surface area contributed by atoms with Crippen LogP contribution in [0, 0.1) is 5.82 Å². The molecule has 6 nitrogen and oxygen atoms in total. The highest BCUT2D eigenvalue weighted by molar-refractivity contribution is 6.33. The van der Waals surface area contributed by atoms with Crippen molar-refractivity contribution in [2.75, 3.05) is 25.1 Å². The maximum atomic E-state index is 13.1. The number of carbonyl (C=O) groups excluding carboxylic acids is 3. The largest absolute Gasteiger partial charge is 0.465 e. The molecule has 0 saturated heterocycles. The Bertz CT molecular complexity index is 948. The zero-order valence-electron chi connectivity index (χ0n) is 15.1. The Kier molecular flexibility index (Phi) is 5.94. The molecule has 2 aromatic rings. The Morgan fingerprint density at radius 1 is 1.21 bits per heavy atom. The van der Waals surface area contributed by atoms with E-state index in [1.165, 1.54) is 13.2 Å². The van der Waals surface area contributed by atoms with Gasteiger partial charge in [0.05, 0.1) is 23.3 Å². The summed E-state index contributed by atoms with van der Waals surface area (Å²) in [5.74, 6) is -1.56. The third kappa shape index (κ3) is 4.14. The van der Waals surface area contributed by atoms with Gasteiger partial charge in [-0.1, -0.05) is 11.6 Å². The van der Waals surface area contributed by atoms with E-state index in [0.717, 1.165) is 23.4 Å². The lowest BCUT2D eigenvalue weighted by Gasteiger charge is -2.17. The highest BCUT2D eigenvalue weighted by atomic mass is 35.5. The van der Waals surface area contributed by atoms with Crippen LogP contribution >= 0.6 is 11.6 Å². The predicted molar refractivity (Wildman–Crippen MR) is 102 cm³/mol. The fourth-order valence-corrected chi connectivity index (χ4v) is 3.35. The number of nitrogens with zero attached hydrogens (tertiary/aromatic N) is 1. The molecule has 146 valence electrons. The third-order valence-corrected chi connectivity index (χ3v) is 4.81. The Hall–Kier alpha value is -2.93. The number of rotatable bonds is 5. The number of esters is 1. The number of hydrogen-bond acceptors (Lipinski definition) is 4. The summed E-state index contributed by atoms with van der Waals surface area (Å²) in [5.41, 5.74) is 2.25. The fraction of sp³-hybridized carbons (Fsp3) is 0.250. The third-order valence-electron chi connectivity index (χ3n) is 4.50. The summed E-state index contributed by atoms with van der Waals surface area (Å²) in [5, 5.41) is 2.63. The van der Waals surface area contributed by atoms with Crippen molar-refractivity contribution in [3.8, 4) is 0 Å². The number of fused-ring (bicyclic) bond motifs is 1. The average Bonchev–Trinajstić information content (AvgIpc) is 3.10. The van der Waals surface area contributed by atoms with E-state index in [-0.39, 0.29) is 29.5 Å². The summed E-state index contributed by atoms with van der Waals surface area (Å²) in [4.78, 5) is 37.9. The molecule has 8 heteroatoms. The van der Waals surface area contributed by atoms with Crippen molar-refractivity contribution in [3.05, 3.63) is 63.9 Å². The quantitative estimate of drug-likeness (QED) is 0.777. The number of hydrogen-bond donors (Lipinski definition) is 1. The minimum absolute atomic E-state index is 0.0127. The molecule has 0 aromatic heterocycles. The van der Waals surface area contributed by atoms with E-state index in [0.29, 0.717) is 18.5 Å². The van der Waals surface area contributed by atoms with Gasteiger partial charge in [0.2, 0.25) is 5.91 Å². The number of benzene rings is 2. The van der Waals surface area contributed by atoms with Crippen LogP contribution in [0.4, 0.5) is 10.1 Å². The molecule has 1 aliphatic rings. The molecule has 2 amide bonds. The molecular weight excluding hydrogens is 387 g/mol. The maximum absolute atomic E-state index is 13.1. The van der Waals surface area contributed by atoms with Gasteiger partial charge in [0.1, 0.15) is 5.82 Å². The van der Waals surface area contributed by atoms with Gasteiger partial charge in [-0.3, -0.25) is 9.59 Å². The van der Waals surface area contributed by atoms with Crippen LogP contribution in [0.2, 0.25) is 5.02 Å². The molecule has 0 fully saturated rings. The molecule has 3 rings (SSSR count). The molecular formula is C20H18ClFN2O4. The Labute approximate surface area is 166 Å². The van der Waals surface area contributed by atoms with Crippen LogP contribution in [-0.4, -0.2) is 38.0 Å². The zero-order chi connectivity index (χ0) is 20.3. The monoisotopic (exact) mass is 404 g/mol. The summed E-state index contributed by atoms with van der Waals surface area (Å²) >= 11 is 5.86. The van der Waals surface area contributed by atoms with E-state index in [1.54, 1.807) is 23.1 Å². The van der Waals surface area contributed by atoms with Gasteiger partial charge in [0.25, 0.3) is 5.91 Å². The SMILES string of the molecule is COC(=O)c1ccc2c(c1)CCN2C(=O)CCNC(=O)c1ccc(F)cc1Cl. The molecule has 0 spiro atoms. The van der Waals surface area contributed by atoms with E-state index in [9.17, 15) is 18.8 Å². The minimum Gasteiger partial charge on any atom is -0.465 e. The minimum atomic E-state index is -0.528. The number of halogens is 2. The van der Waals surface area contributed by atoms with Crippen molar-refractivity contribution in [3.63, 3.8) is 0 Å². The number of amides is 2. The van der Waals surface area contributed by atoms with E-state index in [1.807, 2.05) is 0 Å². The van der Waals surface area contributed by atoms with Crippen LogP contribution < -0.4 is 10.2 Å². The van der Waals surface area contributed by atoms with Gasteiger partial charge < -0.3 is 15.0 Å². The fourth-order valence-electron chi connectivity index (χ4n) is 3.09. The molecule has 0 bridgehead atoms. The Balaban J connectivity index is 1.58. The van der Waals surface area contributed by atoms with Gasteiger partial charge in [-0.05, 0) is 48.4 Å². The van der Waals surface area contributed by atoms with Crippen molar-refractivity contribution >= 4 is 35.1 Å².